The second-order valence-corrected chi connectivity index (χ2v) is 16.8. The van der Waals surface area contributed by atoms with E-state index in [1.165, 1.54) is 4.90 Å². The lowest BCUT2D eigenvalue weighted by Crippen LogP contribution is -2.66. The fourth-order valence-electron chi connectivity index (χ4n) is 6.19. The highest BCUT2D eigenvalue weighted by molar-refractivity contribution is 6.99. The summed E-state index contributed by atoms with van der Waals surface area (Å²) in [5.74, 6) is -0.0485. The molecule has 0 bridgehead atoms. The third-order valence-corrected chi connectivity index (χ3v) is 13.5. The molecule has 1 aliphatic rings. The van der Waals surface area contributed by atoms with E-state index in [4.69, 9.17) is 16.0 Å². The van der Waals surface area contributed by atoms with Gasteiger partial charge < -0.3 is 9.33 Å². The lowest BCUT2D eigenvalue weighted by atomic mass is 9.93. The van der Waals surface area contributed by atoms with E-state index in [2.05, 4.69) is 55.0 Å². The van der Waals surface area contributed by atoms with Crippen molar-refractivity contribution >= 4 is 41.8 Å². The number of halogens is 7. The summed E-state index contributed by atoms with van der Waals surface area (Å²) in [6.45, 7) is 8.20. The molecule has 0 N–H and O–H groups in total. The Kier molecular flexibility index (Phi) is 8.84. The summed E-state index contributed by atoms with van der Waals surface area (Å²) in [4.78, 5) is 10.1. The van der Waals surface area contributed by atoms with Gasteiger partial charge in [0.15, 0.2) is 0 Å². The van der Waals surface area contributed by atoms with Crippen LogP contribution in [0.25, 0.3) is 0 Å². The second kappa shape index (κ2) is 12.1. The Morgan fingerprint density at radius 2 is 1.42 bits per heavy atom. The van der Waals surface area contributed by atoms with E-state index in [0.717, 1.165) is 16.4 Å². The van der Waals surface area contributed by atoms with Crippen LogP contribution in [0.3, 0.4) is 0 Å². The van der Waals surface area contributed by atoms with Crippen LogP contribution in [0.15, 0.2) is 78.9 Å². The minimum Gasteiger partial charge on any atom is -0.407 e. The summed E-state index contributed by atoms with van der Waals surface area (Å²) in [6.07, 6.45) is -9.69. The third-order valence-electron chi connectivity index (χ3n) is 8.19. The zero-order valence-electron chi connectivity index (χ0n) is 25.1. The molecular formula is C33H32ClF6N3OSi. The summed E-state index contributed by atoms with van der Waals surface area (Å²) >= 11 is 6.69. The Labute approximate surface area is 264 Å². The predicted octanol–water partition coefficient (Wildman–Crippen LogP) is 8.68. The molecule has 3 aromatic carbocycles. The number of alkyl halides is 6. The average molecular weight is 664 g/mol. The summed E-state index contributed by atoms with van der Waals surface area (Å²) in [5.41, 5.74) is -2.82. The van der Waals surface area contributed by atoms with Crippen molar-refractivity contribution in [3.8, 4) is 0 Å². The summed E-state index contributed by atoms with van der Waals surface area (Å²) in [7, 11) is -2.97. The smallest absolute Gasteiger partial charge is 0.407 e. The van der Waals surface area contributed by atoms with E-state index < -0.39 is 43.4 Å². The van der Waals surface area contributed by atoms with Gasteiger partial charge in [-0.05, 0) is 47.0 Å². The number of hydrogen-bond acceptors (Lipinski definition) is 4. The van der Waals surface area contributed by atoms with Crippen molar-refractivity contribution in [3.63, 3.8) is 0 Å². The first-order valence-corrected chi connectivity index (χ1v) is 16.7. The highest BCUT2D eigenvalue weighted by Crippen LogP contribution is 2.47. The van der Waals surface area contributed by atoms with Gasteiger partial charge in [-0.3, -0.25) is 0 Å². The first kappa shape index (κ1) is 33.0. The van der Waals surface area contributed by atoms with Gasteiger partial charge in [-0.15, -0.1) is 0 Å². The second-order valence-electron chi connectivity index (χ2n) is 12.1. The maximum atomic E-state index is 14.2. The normalized spacial score (nSPS) is 16.1. The third kappa shape index (κ3) is 6.35. The molecule has 1 unspecified atom stereocenters. The maximum Gasteiger partial charge on any atom is 0.418 e. The Bertz CT molecular complexity index is 1620. The van der Waals surface area contributed by atoms with Gasteiger partial charge >= 0.3 is 12.4 Å². The van der Waals surface area contributed by atoms with E-state index in [9.17, 15) is 26.3 Å². The molecule has 0 spiro atoms. The predicted molar refractivity (Wildman–Crippen MR) is 166 cm³/mol. The number of hydrogen-bond donors (Lipinski definition) is 0. The highest BCUT2D eigenvalue weighted by atomic mass is 35.5. The molecule has 0 fully saturated rings. The lowest BCUT2D eigenvalue weighted by molar-refractivity contribution is -0.142. The molecule has 5 rings (SSSR count). The van der Waals surface area contributed by atoms with Crippen molar-refractivity contribution in [2.45, 2.75) is 57.4 Å². The number of rotatable bonds is 6. The molecule has 0 radical (unpaired) electrons. The quantitative estimate of drug-likeness (QED) is 0.118. The zero-order valence-corrected chi connectivity index (χ0v) is 26.9. The van der Waals surface area contributed by atoms with Crippen molar-refractivity contribution in [2.24, 2.45) is 0 Å². The van der Waals surface area contributed by atoms with Gasteiger partial charge in [-0.25, -0.2) is 9.97 Å². The van der Waals surface area contributed by atoms with Gasteiger partial charge in [-0.1, -0.05) is 93.0 Å². The topological polar surface area (TPSA) is 38.2 Å². The lowest BCUT2D eigenvalue weighted by Gasteiger charge is -2.44. The Hall–Kier alpha value is -3.41. The van der Waals surface area contributed by atoms with E-state index in [0.29, 0.717) is 18.1 Å². The zero-order chi connectivity index (χ0) is 32.8. The van der Waals surface area contributed by atoms with Crippen LogP contribution in [0.5, 0.6) is 0 Å². The van der Waals surface area contributed by atoms with E-state index in [1.54, 1.807) is 6.92 Å². The molecule has 45 heavy (non-hydrogen) atoms. The average Bonchev–Trinajstić information content (AvgIpc) is 2.96. The fraction of sp³-hybridized carbons (Fsp3) is 0.333. The molecule has 1 atom stereocenters. The molecule has 0 amide bonds. The maximum absolute atomic E-state index is 14.2. The van der Waals surface area contributed by atoms with Crippen LogP contribution in [0.1, 0.15) is 55.6 Å². The molecule has 1 aromatic heterocycles. The van der Waals surface area contributed by atoms with Crippen LogP contribution in [0.4, 0.5) is 37.8 Å². The van der Waals surface area contributed by atoms with E-state index >= 15 is 0 Å². The number of aryl methyl sites for hydroxylation is 1. The minimum atomic E-state index is -5.05. The molecular weight excluding hydrogens is 632 g/mol. The molecule has 4 aromatic rings. The van der Waals surface area contributed by atoms with Crippen molar-refractivity contribution in [1.29, 1.82) is 0 Å². The van der Waals surface area contributed by atoms with Crippen molar-refractivity contribution in [1.82, 2.24) is 9.97 Å². The molecule has 2 heterocycles. The molecule has 1 aliphatic heterocycles. The van der Waals surface area contributed by atoms with Gasteiger partial charge in [-0.2, -0.15) is 26.3 Å². The van der Waals surface area contributed by atoms with Crippen molar-refractivity contribution < 1.29 is 30.8 Å². The summed E-state index contributed by atoms with van der Waals surface area (Å²) < 4.78 is 89.9. The number of benzene rings is 3. The molecule has 4 nitrogen and oxygen atoms in total. The van der Waals surface area contributed by atoms with Crippen LogP contribution in [0.2, 0.25) is 10.2 Å². The van der Waals surface area contributed by atoms with Crippen LogP contribution < -0.4 is 15.3 Å². The summed E-state index contributed by atoms with van der Waals surface area (Å²) in [6, 6.07) is 21.6. The van der Waals surface area contributed by atoms with E-state index in [-0.39, 0.29) is 41.1 Å². The first-order chi connectivity index (χ1) is 21.0. The molecule has 12 heteroatoms. The van der Waals surface area contributed by atoms with Crippen LogP contribution in [-0.2, 0) is 16.8 Å². The fourth-order valence-corrected chi connectivity index (χ4v) is 11.2. The Balaban J connectivity index is 1.60. The van der Waals surface area contributed by atoms with Crippen molar-refractivity contribution in [2.75, 3.05) is 18.1 Å². The van der Waals surface area contributed by atoms with Gasteiger partial charge in [0.1, 0.15) is 16.8 Å². The van der Waals surface area contributed by atoms with Gasteiger partial charge in [0.2, 0.25) is 0 Å². The van der Waals surface area contributed by atoms with E-state index in [1.807, 2.05) is 36.4 Å². The van der Waals surface area contributed by atoms with Gasteiger partial charge in [0, 0.05) is 24.6 Å². The highest BCUT2D eigenvalue weighted by Gasteiger charge is 2.51. The minimum absolute atomic E-state index is 0.0446. The van der Waals surface area contributed by atoms with Crippen LogP contribution in [0, 0.1) is 6.92 Å². The van der Waals surface area contributed by atoms with Crippen LogP contribution in [-0.4, -0.2) is 31.4 Å². The van der Waals surface area contributed by atoms with Gasteiger partial charge in [0.25, 0.3) is 8.32 Å². The number of anilines is 2. The SMILES string of the molecule is Cc1nc(Cl)c2c(n1)N(c1ccc(C(F)(F)F)cc1C(F)(F)F)CCC2CO[Si](c1ccccc1)(c1ccccc1)C(C)(C)C. The number of fused-ring (bicyclic) bond motifs is 1. The molecule has 0 saturated heterocycles. The van der Waals surface area contributed by atoms with Gasteiger partial charge in [0.05, 0.1) is 16.8 Å². The Morgan fingerprint density at radius 3 is 1.93 bits per heavy atom. The number of aromatic nitrogens is 2. The first-order valence-electron chi connectivity index (χ1n) is 14.4. The molecule has 0 aliphatic carbocycles. The monoisotopic (exact) mass is 663 g/mol. The molecule has 238 valence electrons. The van der Waals surface area contributed by atoms with Crippen molar-refractivity contribution in [3.05, 3.63) is 107 Å². The van der Waals surface area contributed by atoms with Crippen LogP contribution >= 0.6 is 11.6 Å². The largest absolute Gasteiger partial charge is 0.418 e. The Morgan fingerprint density at radius 1 is 0.844 bits per heavy atom. The molecule has 0 saturated carbocycles. The standard InChI is InChI=1S/C33H32ClF6N3OSi/c1-21-41-29(34)28-22(20-44-45(31(2,3)4,24-11-7-5-8-12-24)25-13-9-6-10-14-25)17-18-43(30(28)42-21)27-16-15-23(32(35,36)37)19-26(27)33(38,39)40/h5-16,19,22H,17-18,20H2,1-4H3. The number of nitrogens with zero attached hydrogens (tertiary/aromatic N) is 3. The summed E-state index contributed by atoms with van der Waals surface area (Å²) in [5, 5.41) is 1.87.